The molecule has 140 valence electrons. The van der Waals surface area contributed by atoms with Crippen molar-refractivity contribution in [3.8, 4) is 5.75 Å². The van der Waals surface area contributed by atoms with Crippen LogP contribution < -0.4 is 10.1 Å². The van der Waals surface area contributed by atoms with Gasteiger partial charge in [0.1, 0.15) is 6.61 Å². The molecule has 9 heteroatoms. The van der Waals surface area contributed by atoms with Crippen LogP contribution in [0.5, 0.6) is 5.75 Å². The fourth-order valence-corrected chi connectivity index (χ4v) is 3.53. The van der Waals surface area contributed by atoms with E-state index < -0.39 is 33.2 Å². The third kappa shape index (κ3) is 6.86. The van der Waals surface area contributed by atoms with E-state index in [0.717, 1.165) is 0 Å². The van der Waals surface area contributed by atoms with Crippen LogP contribution in [0, 0.1) is 5.41 Å². The standard InChI is InChI=1S/C16H21Cl2NO5S/c1-5-6-24-14-11(17)7-10(8-12(14)18)15(20)19-13(16(2,3)4)9-25(21,22)23/h5,7-8,13H,1,6,9H2,2-4H3,(H,19,20)(H,21,22,23). The Labute approximate surface area is 157 Å². The first-order chi connectivity index (χ1) is 11.3. The maximum absolute atomic E-state index is 12.5. The molecule has 1 atom stereocenters. The van der Waals surface area contributed by atoms with E-state index in [9.17, 15) is 13.2 Å². The molecule has 0 saturated carbocycles. The number of carbonyl (C=O) groups excluding carboxylic acids is 1. The molecular weight excluding hydrogens is 389 g/mol. The lowest BCUT2D eigenvalue weighted by Gasteiger charge is -2.30. The summed E-state index contributed by atoms with van der Waals surface area (Å²) in [4.78, 5) is 12.5. The molecule has 0 fully saturated rings. The lowest BCUT2D eigenvalue weighted by molar-refractivity contribution is 0.0911. The van der Waals surface area contributed by atoms with Gasteiger partial charge in [0.2, 0.25) is 0 Å². The largest absolute Gasteiger partial charge is 0.486 e. The van der Waals surface area contributed by atoms with E-state index in [-0.39, 0.29) is 28.0 Å². The maximum atomic E-state index is 12.5. The molecule has 1 aromatic rings. The smallest absolute Gasteiger partial charge is 0.266 e. The van der Waals surface area contributed by atoms with E-state index in [4.69, 9.17) is 32.5 Å². The normalized spacial score (nSPS) is 13.2. The second kappa shape index (κ2) is 8.40. The van der Waals surface area contributed by atoms with Gasteiger partial charge in [-0.25, -0.2) is 0 Å². The van der Waals surface area contributed by atoms with Crippen LogP contribution in [0.1, 0.15) is 31.1 Å². The Kier molecular flexibility index (Phi) is 7.31. The van der Waals surface area contributed by atoms with Crippen molar-refractivity contribution < 1.29 is 22.5 Å². The minimum absolute atomic E-state index is 0.140. The molecule has 1 amide bonds. The summed E-state index contributed by atoms with van der Waals surface area (Å²) in [7, 11) is -4.26. The number of carbonyl (C=O) groups is 1. The molecule has 0 radical (unpaired) electrons. The van der Waals surface area contributed by atoms with Gasteiger partial charge >= 0.3 is 0 Å². The van der Waals surface area contributed by atoms with Crippen molar-refractivity contribution in [2.75, 3.05) is 12.4 Å². The van der Waals surface area contributed by atoms with Crippen LogP contribution in [0.3, 0.4) is 0 Å². The third-order valence-electron chi connectivity index (χ3n) is 3.33. The van der Waals surface area contributed by atoms with Gasteiger partial charge in [0.15, 0.2) is 5.75 Å². The maximum Gasteiger partial charge on any atom is 0.266 e. The van der Waals surface area contributed by atoms with Gasteiger partial charge in [0, 0.05) is 5.56 Å². The Morgan fingerprint density at radius 3 is 2.28 bits per heavy atom. The monoisotopic (exact) mass is 409 g/mol. The molecule has 0 heterocycles. The predicted octanol–water partition coefficient (Wildman–Crippen LogP) is 3.59. The van der Waals surface area contributed by atoms with Gasteiger partial charge in [0.25, 0.3) is 16.0 Å². The topological polar surface area (TPSA) is 92.7 Å². The molecule has 1 aromatic carbocycles. The highest BCUT2D eigenvalue weighted by Gasteiger charge is 2.31. The SMILES string of the molecule is C=CCOc1c(Cl)cc(C(=O)NC(CS(=O)(=O)O)C(C)(C)C)cc1Cl. The Morgan fingerprint density at radius 1 is 1.36 bits per heavy atom. The fraction of sp³-hybridized carbons (Fsp3) is 0.438. The van der Waals surface area contributed by atoms with E-state index in [1.165, 1.54) is 18.2 Å². The third-order valence-corrected chi connectivity index (χ3v) is 4.65. The van der Waals surface area contributed by atoms with E-state index in [1.807, 2.05) is 0 Å². The van der Waals surface area contributed by atoms with Gasteiger partial charge < -0.3 is 10.1 Å². The van der Waals surface area contributed by atoms with Crippen LogP contribution in [0.25, 0.3) is 0 Å². The molecule has 0 bridgehead atoms. The minimum Gasteiger partial charge on any atom is -0.486 e. The summed E-state index contributed by atoms with van der Waals surface area (Å²) >= 11 is 12.2. The van der Waals surface area contributed by atoms with E-state index in [1.54, 1.807) is 20.8 Å². The summed E-state index contributed by atoms with van der Waals surface area (Å²) < 4.78 is 36.8. The minimum atomic E-state index is -4.26. The van der Waals surface area contributed by atoms with E-state index in [2.05, 4.69) is 11.9 Å². The molecule has 1 unspecified atom stereocenters. The highest BCUT2D eigenvalue weighted by Crippen LogP contribution is 2.34. The van der Waals surface area contributed by atoms with Gasteiger partial charge in [-0.05, 0) is 17.5 Å². The van der Waals surface area contributed by atoms with Crippen LogP contribution in [0.4, 0.5) is 0 Å². The van der Waals surface area contributed by atoms with Crippen molar-refractivity contribution in [3.05, 3.63) is 40.4 Å². The molecular formula is C16H21Cl2NO5S. The Bertz CT molecular complexity index is 733. The summed E-state index contributed by atoms with van der Waals surface area (Å²) in [6, 6.07) is 1.92. The van der Waals surface area contributed by atoms with Crippen LogP contribution in [-0.2, 0) is 10.1 Å². The van der Waals surface area contributed by atoms with Crippen molar-refractivity contribution >= 4 is 39.2 Å². The molecule has 0 aromatic heterocycles. The quantitative estimate of drug-likeness (QED) is 0.530. The first-order valence-electron chi connectivity index (χ1n) is 7.34. The Morgan fingerprint density at radius 2 is 1.88 bits per heavy atom. The van der Waals surface area contributed by atoms with Crippen LogP contribution in [0.15, 0.2) is 24.8 Å². The van der Waals surface area contributed by atoms with Crippen LogP contribution in [0.2, 0.25) is 10.0 Å². The summed E-state index contributed by atoms with van der Waals surface area (Å²) in [5.41, 5.74) is -0.461. The number of rotatable bonds is 7. The van der Waals surface area contributed by atoms with E-state index >= 15 is 0 Å². The molecule has 0 aliphatic heterocycles. The van der Waals surface area contributed by atoms with Gasteiger partial charge in [-0.3, -0.25) is 9.35 Å². The predicted molar refractivity (Wildman–Crippen MR) is 99.3 cm³/mol. The number of hydrogen-bond acceptors (Lipinski definition) is 4. The van der Waals surface area contributed by atoms with Gasteiger partial charge in [-0.1, -0.05) is 56.6 Å². The second-order valence-corrected chi connectivity index (χ2v) is 8.82. The second-order valence-electron chi connectivity index (χ2n) is 6.51. The zero-order chi connectivity index (χ0) is 19.4. The van der Waals surface area contributed by atoms with E-state index in [0.29, 0.717) is 0 Å². The van der Waals surface area contributed by atoms with Gasteiger partial charge in [-0.15, -0.1) is 0 Å². The number of ether oxygens (including phenoxy) is 1. The van der Waals surface area contributed by atoms with Crippen molar-refractivity contribution in [1.82, 2.24) is 5.32 Å². The zero-order valence-corrected chi connectivity index (χ0v) is 16.5. The van der Waals surface area contributed by atoms with Crippen LogP contribution >= 0.6 is 23.2 Å². The zero-order valence-electron chi connectivity index (χ0n) is 14.2. The highest BCUT2D eigenvalue weighted by molar-refractivity contribution is 7.85. The Balaban J connectivity index is 3.07. The lowest BCUT2D eigenvalue weighted by atomic mass is 9.87. The van der Waals surface area contributed by atoms with Crippen LogP contribution in [-0.4, -0.2) is 37.3 Å². The number of hydrogen-bond donors (Lipinski definition) is 2. The van der Waals surface area contributed by atoms with Gasteiger partial charge in [-0.2, -0.15) is 8.42 Å². The van der Waals surface area contributed by atoms with Crippen molar-refractivity contribution in [3.63, 3.8) is 0 Å². The number of nitrogens with one attached hydrogen (secondary N) is 1. The van der Waals surface area contributed by atoms with Crippen molar-refractivity contribution in [2.45, 2.75) is 26.8 Å². The fourth-order valence-electron chi connectivity index (χ4n) is 1.93. The summed E-state index contributed by atoms with van der Waals surface area (Å²) in [5.74, 6) is -0.947. The first kappa shape index (κ1) is 21.8. The highest BCUT2D eigenvalue weighted by atomic mass is 35.5. The molecule has 2 N–H and O–H groups in total. The number of halogens is 2. The van der Waals surface area contributed by atoms with Crippen molar-refractivity contribution in [2.24, 2.45) is 5.41 Å². The average molecular weight is 410 g/mol. The molecule has 1 rings (SSSR count). The number of amides is 1. The van der Waals surface area contributed by atoms with Gasteiger partial charge in [0.05, 0.1) is 21.8 Å². The molecule has 0 spiro atoms. The number of benzene rings is 1. The molecule has 0 aliphatic carbocycles. The molecule has 25 heavy (non-hydrogen) atoms. The molecule has 0 aliphatic rings. The summed E-state index contributed by atoms with van der Waals surface area (Å²) in [5, 5.41) is 2.88. The summed E-state index contributed by atoms with van der Waals surface area (Å²) in [6.07, 6.45) is 1.52. The average Bonchev–Trinajstić information content (AvgIpc) is 2.43. The Hall–Kier alpha value is -1.28. The molecule has 6 nitrogen and oxygen atoms in total. The lowest BCUT2D eigenvalue weighted by Crippen LogP contribution is -2.47. The summed E-state index contributed by atoms with van der Waals surface area (Å²) in [6.45, 7) is 8.96. The first-order valence-corrected chi connectivity index (χ1v) is 9.70. The molecule has 0 saturated heterocycles. The van der Waals surface area contributed by atoms with Crippen molar-refractivity contribution in [1.29, 1.82) is 0 Å².